The monoisotopic (exact) mass is 437 g/mol. The van der Waals surface area contributed by atoms with Crippen LogP contribution in [0.2, 0.25) is 10.0 Å². The van der Waals surface area contributed by atoms with E-state index in [0.29, 0.717) is 27.0 Å². The van der Waals surface area contributed by atoms with Gasteiger partial charge in [0.1, 0.15) is 5.82 Å². The number of fused-ring (bicyclic) bond motifs is 1. The lowest BCUT2D eigenvalue weighted by Gasteiger charge is -2.11. The first-order valence-corrected chi connectivity index (χ1v) is 9.80. The minimum atomic E-state index is -0.0483. The summed E-state index contributed by atoms with van der Waals surface area (Å²) in [5.74, 6) is 0.514. The normalized spacial score (nSPS) is 11.5. The summed E-state index contributed by atoms with van der Waals surface area (Å²) in [7, 11) is 1.59. The number of benzene rings is 3. The van der Waals surface area contributed by atoms with Crippen LogP contribution in [0, 0.1) is 5.41 Å². The Balaban J connectivity index is 1.58. The first-order chi connectivity index (χ1) is 14.5. The number of amidine groups is 1. The number of imidazole rings is 1. The SMILES string of the molecule is C/N=C(/Nc1ccccc1)OC(=N)c1ccc2nc(-c3c(Cl)cccc3Cl)[nH]c2c1. The average Bonchev–Trinajstić information content (AvgIpc) is 3.16. The molecule has 0 aliphatic heterocycles. The summed E-state index contributed by atoms with van der Waals surface area (Å²) < 4.78 is 5.61. The van der Waals surface area contributed by atoms with E-state index in [1.54, 1.807) is 43.4 Å². The van der Waals surface area contributed by atoms with Gasteiger partial charge in [0, 0.05) is 18.3 Å². The molecule has 0 bridgehead atoms. The van der Waals surface area contributed by atoms with Crippen LogP contribution in [-0.4, -0.2) is 28.9 Å². The maximum atomic E-state index is 8.32. The van der Waals surface area contributed by atoms with Crippen LogP contribution < -0.4 is 5.32 Å². The highest BCUT2D eigenvalue weighted by Gasteiger charge is 2.14. The molecule has 30 heavy (non-hydrogen) atoms. The molecule has 1 aromatic heterocycles. The molecule has 4 rings (SSSR count). The fourth-order valence-electron chi connectivity index (χ4n) is 2.92. The number of halogens is 2. The van der Waals surface area contributed by atoms with Crippen LogP contribution in [-0.2, 0) is 4.74 Å². The Bertz CT molecular complexity index is 1230. The second-order valence-electron chi connectivity index (χ2n) is 6.36. The molecule has 0 spiro atoms. The second kappa shape index (κ2) is 8.57. The molecule has 4 aromatic rings. The molecule has 8 heteroatoms. The summed E-state index contributed by atoms with van der Waals surface area (Å²) in [5.41, 5.74) is 3.48. The Morgan fingerprint density at radius 2 is 1.77 bits per heavy atom. The number of aliphatic imine (C=N–C) groups is 1. The van der Waals surface area contributed by atoms with Crippen molar-refractivity contribution in [3.63, 3.8) is 0 Å². The van der Waals surface area contributed by atoms with Gasteiger partial charge >= 0.3 is 0 Å². The summed E-state index contributed by atoms with van der Waals surface area (Å²) >= 11 is 12.6. The molecule has 0 aliphatic rings. The zero-order chi connectivity index (χ0) is 21.1. The predicted octanol–water partition coefficient (Wildman–Crippen LogP) is 5.98. The van der Waals surface area contributed by atoms with Gasteiger partial charge in [0.15, 0.2) is 0 Å². The lowest BCUT2D eigenvalue weighted by molar-refractivity contribution is 0.538. The number of hydrogen-bond donors (Lipinski definition) is 3. The number of ether oxygens (including phenoxy) is 1. The molecule has 0 radical (unpaired) electrons. The molecule has 6 nitrogen and oxygen atoms in total. The van der Waals surface area contributed by atoms with Crippen molar-refractivity contribution in [3.05, 3.63) is 82.3 Å². The zero-order valence-corrected chi connectivity index (χ0v) is 17.4. The van der Waals surface area contributed by atoms with Crippen molar-refractivity contribution in [3.8, 4) is 11.4 Å². The Morgan fingerprint density at radius 3 is 2.47 bits per heavy atom. The molecular formula is C22H17Cl2N5O. The largest absolute Gasteiger partial charge is 0.407 e. The van der Waals surface area contributed by atoms with Crippen LogP contribution in [0.3, 0.4) is 0 Å². The summed E-state index contributed by atoms with van der Waals surface area (Å²) in [6.07, 6.45) is 0. The molecular weight excluding hydrogens is 421 g/mol. The van der Waals surface area contributed by atoms with Crippen molar-refractivity contribution < 1.29 is 4.74 Å². The van der Waals surface area contributed by atoms with Crippen molar-refractivity contribution in [1.29, 1.82) is 5.41 Å². The first kappa shape index (κ1) is 19.9. The third kappa shape index (κ3) is 4.15. The van der Waals surface area contributed by atoms with Crippen molar-refractivity contribution in [2.45, 2.75) is 0 Å². The number of H-pyrrole nitrogens is 1. The van der Waals surface area contributed by atoms with Crippen LogP contribution in [0.15, 0.2) is 71.7 Å². The lowest BCUT2D eigenvalue weighted by Crippen LogP contribution is -2.20. The van der Waals surface area contributed by atoms with Crippen LogP contribution in [0.4, 0.5) is 5.69 Å². The Labute approximate surface area is 183 Å². The summed E-state index contributed by atoms with van der Waals surface area (Å²) in [5, 5.41) is 12.4. The smallest absolute Gasteiger partial charge is 0.295 e. The van der Waals surface area contributed by atoms with E-state index in [4.69, 9.17) is 33.3 Å². The highest BCUT2D eigenvalue weighted by Crippen LogP contribution is 2.33. The number of nitrogens with one attached hydrogen (secondary N) is 3. The number of nitrogens with zero attached hydrogens (tertiary/aromatic N) is 2. The van der Waals surface area contributed by atoms with E-state index in [-0.39, 0.29) is 11.9 Å². The molecule has 0 saturated heterocycles. The maximum Gasteiger partial charge on any atom is 0.295 e. The van der Waals surface area contributed by atoms with Gasteiger partial charge in [-0.1, -0.05) is 47.5 Å². The molecule has 0 unspecified atom stereocenters. The third-order valence-corrected chi connectivity index (χ3v) is 5.00. The van der Waals surface area contributed by atoms with E-state index in [9.17, 15) is 0 Å². The van der Waals surface area contributed by atoms with Gasteiger partial charge in [0.2, 0.25) is 5.90 Å². The fourth-order valence-corrected chi connectivity index (χ4v) is 3.50. The van der Waals surface area contributed by atoms with Crippen LogP contribution in [0.1, 0.15) is 5.56 Å². The van der Waals surface area contributed by atoms with Crippen molar-refractivity contribution in [1.82, 2.24) is 9.97 Å². The zero-order valence-electron chi connectivity index (χ0n) is 15.9. The predicted molar refractivity (Wildman–Crippen MR) is 123 cm³/mol. The highest BCUT2D eigenvalue weighted by atomic mass is 35.5. The van der Waals surface area contributed by atoms with E-state index in [0.717, 1.165) is 16.7 Å². The van der Waals surface area contributed by atoms with Crippen LogP contribution in [0.25, 0.3) is 22.4 Å². The average molecular weight is 438 g/mol. The number of para-hydroxylation sites is 1. The summed E-state index contributed by atoms with van der Waals surface area (Å²) in [6, 6.07) is 20.4. The standard InChI is InChI=1S/C22H17Cl2N5O/c1-26-22(27-14-6-3-2-4-7-14)30-20(25)13-10-11-17-18(12-13)29-21(28-17)19-15(23)8-5-9-16(19)24/h2-12,25H,1H3,(H,26,27)(H,28,29). The van der Waals surface area contributed by atoms with Gasteiger partial charge in [-0.05, 0) is 42.5 Å². The van der Waals surface area contributed by atoms with Gasteiger partial charge in [-0.15, -0.1) is 0 Å². The molecule has 150 valence electrons. The van der Waals surface area contributed by atoms with Crippen molar-refractivity contribution in [2.24, 2.45) is 4.99 Å². The second-order valence-corrected chi connectivity index (χ2v) is 7.18. The minimum Gasteiger partial charge on any atom is -0.407 e. The minimum absolute atomic E-state index is 0.0483. The van der Waals surface area contributed by atoms with Gasteiger partial charge in [0.25, 0.3) is 6.02 Å². The summed E-state index contributed by atoms with van der Waals surface area (Å²) in [4.78, 5) is 11.9. The molecule has 3 N–H and O–H groups in total. The molecule has 0 aliphatic carbocycles. The van der Waals surface area contributed by atoms with Crippen molar-refractivity contribution in [2.75, 3.05) is 12.4 Å². The van der Waals surface area contributed by atoms with E-state index in [1.807, 2.05) is 30.3 Å². The van der Waals surface area contributed by atoms with Crippen LogP contribution in [0.5, 0.6) is 0 Å². The Hall–Kier alpha value is -3.35. The van der Waals surface area contributed by atoms with Gasteiger partial charge in [-0.25, -0.2) is 9.98 Å². The number of aromatic nitrogens is 2. The molecule has 0 fully saturated rings. The third-order valence-electron chi connectivity index (χ3n) is 4.37. The highest BCUT2D eigenvalue weighted by molar-refractivity contribution is 6.39. The maximum absolute atomic E-state index is 8.32. The molecule has 0 amide bonds. The fraction of sp³-hybridized carbons (Fsp3) is 0.0455. The summed E-state index contributed by atoms with van der Waals surface area (Å²) in [6.45, 7) is 0. The van der Waals surface area contributed by atoms with Gasteiger partial charge in [-0.3, -0.25) is 5.41 Å². The number of hydrogen-bond acceptors (Lipinski definition) is 4. The molecule has 1 heterocycles. The van der Waals surface area contributed by atoms with E-state index in [2.05, 4.69) is 20.3 Å². The molecule has 0 atom stereocenters. The number of anilines is 1. The first-order valence-electron chi connectivity index (χ1n) is 9.05. The lowest BCUT2D eigenvalue weighted by atomic mass is 10.2. The molecule has 0 saturated carbocycles. The van der Waals surface area contributed by atoms with Crippen molar-refractivity contribution >= 4 is 51.8 Å². The topological polar surface area (TPSA) is 86.2 Å². The van der Waals surface area contributed by atoms with Crippen LogP contribution >= 0.6 is 23.2 Å². The number of rotatable bonds is 3. The Morgan fingerprint density at radius 1 is 1.03 bits per heavy atom. The quantitative estimate of drug-likeness (QED) is 0.272. The van der Waals surface area contributed by atoms with E-state index >= 15 is 0 Å². The van der Waals surface area contributed by atoms with E-state index in [1.165, 1.54) is 0 Å². The Kier molecular flexibility index (Phi) is 5.70. The molecule has 3 aromatic carbocycles. The van der Waals surface area contributed by atoms with Gasteiger partial charge < -0.3 is 15.0 Å². The van der Waals surface area contributed by atoms with Gasteiger partial charge in [0.05, 0.1) is 26.6 Å². The number of aromatic amines is 1. The van der Waals surface area contributed by atoms with E-state index < -0.39 is 0 Å². The van der Waals surface area contributed by atoms with Gasteiger partial charge in [-0.2, -0.15) is 0 Å².